The first-order valence-electron chi connectivity index (χ1n) is 4.94. The summed E-state index contributed by atoms with van der Waals surface area (Å²) in [7, 11) is 0. The number of aliphatic hydroxyl groups is 1. The zero-order chi connectivity index (χ0) is 11.1. The predicted molar refractivity (Wildman–Crippen MR) is 56.0 cm³/mol. The third kappa shape index (κ3) is 4.42. The SMILES string of the molecule is C=C(C)C1CCC(C)CC1O.O=CO. The van der Waals surface area contributed by atoms with Crippen molar-refractivity contribution in [3.05, 3.63) is 12.2 Å². The van der Waals surface area contributed by atoms with Crippen LogP contribution in [-0.4, -0.2) is 22.8 Å². The van der Waals surface area contributed by atoms with E-state index in [0.29, 0.717) is 11.8 Å². The number of rotatable bonds is 1. The maximum absolute atomic E-state index is 9.65. The van der Waals surface area contributed by atoms with Gasteiger partial charge >= 0.3 is 0 Å². The predicted octanol–water partition coefficient (Wildman–Crippen LogP) is 2.06. The van der Waals surface area contributed by atoms with Gasteiger partial charge in [0.25, 0.3) is 6.47 Å². The first kappa shape index (κ1) is 13.2. The van der Waals surface area contributed by atoms with Crippen molar-refractivity contribution in [1.29, 1.82) is 0 Å². The summed E-state index contributed by atoms with van der Waals surface area (Å²) >= 11 is 0. The highest BCUT2D eigenvalue weighted by Crippen LogP contribution is 2.32. The average molecular weight is 200 g/mol. The van der Waals surface area contributed by atoms with Crippen molar-refractivity contribution in [3.8, 4) is 0 Å². The number of aliphatic hydroxyl groups excluding tert-OH is 1. The van der Waals surface area contributed by atoms with Crippen LogP contribution in [0.2, 0.25) is 0 Å². The number of hydrogen-bond donors (Lipinski definition) is 2. The molecule has 0 amide bonds. The van der Waals surface area contributed by atoms with Gasteiger partial charge in [0.15, 0.2) is 0 Å². The molecule has 0 saturated heterocycles. The van der Waals surface area contributed by atoms with Gasteiger partial charge in [-0.05, 0) is 32.1 Å². The Kier molecular flexibility index (Phi) is 6.21. The maximum Gasteiger partial charge on any atom is 0.290 e. The molecule has 0 spiro atoms. The molecule has 0 radical (unpaired) electrons. The molecule has 1 saturated carbocycles. The first-order chi connectivity index (χ1) is 6.52. The van der Waals surface area contributed by atoms with Crippen molar-refractivity contribution >= 4 is 6.47 Å². The average Bonchev–Trinajstić information content (AvgIpc) is 2.04. The van der Waals surface area contributed by atoms with E-state index < -0.39 is 0 Å². The van der Waals surface area contributed by atoms with E-state index in [2.05, 4.69) is 13.5 Å². The Morgan fingerprint density at radius 1 is 1.50 bits per heavy atom. The van der Waals surface area contributed by atoms with E-state index >= 15 is 0 Å². The number of carboxylic acid groups (broad SMARTS) is 1. The summed E-state index contributed by atoms with van der Waals surface area (Å²) in [6, 6.07) is 0. The molecule has 1 fully saturated rings. The molecule has 1 aliphatic carbocycles. The Morgan fingerprint density at radius 3 is 2.36 bits per heavy atom. The fourth-order valence-electron chi connectivity index (χ4n) is 1.93. The van der Waals surface area contributed by atoms with Gasteiger partial charge in [0.05, 0.1) is 6.10 Å². The summed E-state index contributed by atoms with van der Waals surface area (Å²) in [5, 5.41) is 16.5. The Balaban J connectivity index is 0.000000500. The van der Waals surface area contributed by atoms with Gasteiger partial charge in [-0.15, -0.1) is 0 Å². The van der Waals surface area contributed by atoms with Crippen molar-refractivity contribution in [2.75, 3.05) is 0 Å². The third-order valence-electron chi connectivity index (χ3n) is 2.71. The van der Waals surface area contributed by atoms with E-state index in [9.17, 15) is 5.11 Å². The van der Waals surface area contributed by atoms with Gasteiger partial charge in [0, 0.05) is 5.92 Å². The molecule has 82 valence electrons. The fraction of sp³-hybridized carbons (Fsp3) is 0.727. The summed E-state index contributed by atoms with van der Waals surface area (Å²) in [5.41, 5.74) is 1.14. The van der Waals surface area contributed by atoms with Crippen molar-refractivity contribution in [2.45, 2.75) is 39.2 Å². The molecular weight excluding hydrogens is 180 g/mol. The molecular formula is C11H20O3. The van der Waals surface area contributed by atoms with E-state index in [1.165, 1.54) is 6.42 Å². The topological polar surface area (TPSA) is 57.5 Å². The van der Waals surface area contributed by atoms with Crippen LogP contribution in [0.1, 0.15) is 33.1 Å². The molecule has 2 N–H and O–H groups in total. The highest BCUT2D eigenvalue weighted by molar-refractivity contribution is 5.32. The Hall–Kier alpha value is -0.830. The summed E-state index contributed by atoms with van der Waals surface area (Å²) in [4.78, 5) is 8.36. The monoisotopic (exact) mass is 200 g/mol. The van der Waals surface area contributed by atoms with Crippen LogP contribution in [0.3, 0.4) is 0 Å². The first-order valence-corrected chi connectivity index (χ1v) is 4.94. The van der Waals surface area contributed by atoms with Crippen LogP contribution in [0.5, 0.6) is 0 Å². The Labute approximate surface area is 85.4 Å². The second-order valence-corrected chi connectivity index (χ2v) is 4.04. The second kappa shape index (κ2) is 6.60. The van der Waals surface area contributed by atoms with Crippen molar-refractivity contribution < 1.29 is 15.0 Å². The highest BCUT2D eigenvalue weighted by atomic mass is 16.3. The number of carbonyl (C=O) groups is 1. The van der Waals surface area contributed by atoms with Crippen LogP contribution in [0.15, 0.2) is 12.2 Å². The van der Waals surface area contributed by atoms with Crippen LogP contribution in [0.25, 0.3) is 0 Å². The quantitative estimate of drug-likeness (QED) is 0.503. The standard InChI is InChI=1S/C10H18O.CH2O2/c1-7(2)9-5-4-8(3)6-10(9)11;2-1-3/h8-11H,1,4-6H2,2-3H3;1H,(H,2,3). The minimum Gasteiger partial charge on any atom is -0.483 e. The van der Waals surface area contributed by atoms with Gasteiger partial charge in [-0.1, -0.05) is 19.1 Å². The molecule has 0 aromatic rings. The van der Waals surface area contributed by atoms with E-state index in [1.807, 2.05) is 6.92 Å². The van der Waals surface area contributed by atoms with Crippen molar-refractivity contribution in [3.63, 3.8) is 0 Å². The van der Waals surface area contributed by atoms with Gasteiger partial charge < -0.3 is 10.2 Å². The second-order valence-electron chi connectivity index (χ2n) is 4.04. The molecule has 0 aliphatic heterocycles. The molecule has 0 aromatic heterocycles. The third-order valence-corrected chi connectivity index (χ3v) is 2.71. The van der Waals surface area contributed by atoms with Gasteiger partial charge in [0.2, 0.25) is 0 Å². The molecule has 0 aromatic carbocycles. The van der Waals surface area contributed by atoms with Crippen LogP contribution in [-0.2, 0) is 4.79 Å². The molecule has 3 heteroatoms. The van der Waals surface area contributed by atoms with Gasteiger partial charge in [-0.25, -0.2) is 0 Å². The summed E-state index contributed by atoms with van der Waals surface area (Å²) in [5.74, 6) is 1.06. The summed E-state index contributed by atoms with van der Waals surface area (Å²) in [6.45, 7) is 7.87. The van der Waals surface area contributed by atoms with Crippen LogP contribution in [0, 0.1) is 11.8 Å². The van der Waals surface area contributed by atoms with Gasteiger partial charge in [-0.2, -0.15) is 0 Å². The molecule has 14 heavy (non-hydrogen) atoms. The van der Waals surface area contributed by atoms with Crippen molar-refractivity contribution in [2.24, 2.45) is 11.8 Å². The molecule has 3 atom stereocenters. The fourth-order valence-corrected chi connectivity index (χ4v) is 1.93. The van der Waals surface area contributed by atoms with Crippen LogP contribution < -0.4 is 0 Å². The summed E-state index contributed by atoms with van der Waals surface area (Å²) in [6.07, 6.45) is 3.19. The molecule has 3 nitrogen and oxygen atoms in total. The van der Waals surface area contributed by atoms with Gasteiger partial charge in [0.1, 0.15) is 0 Å². The molecule has 1 rings (SSSR count). The molecule has 0 heterocycles. The zero-order valence-electron chi connectivity index (χ0n) is 8.94. The van der Waals surface area contributed by atoms with Crippen molar-refractivity contribution in [1.82, 2.24) is 0 Å². The number of hydrogen-bond acceptors (Lipinski definition) is 2. The lowest BCUT2D eigenvalue weighted by Gasteiger charge is -2.31. The molecule has 3 unspecified atom stereocenters. The maximum atomic E-state index is 9.65. The molecule has 1 aliphatic rings. The van der Waals surface area contributed by atoms with Crippen LogP contribution >= 0.6 is 0 Å². The van der Waals surface area contributed by atoms with E-state index in [0.717, 1.165) is 18.4 Å². The van der Waals surface area contributed by atoms with Gasteiger partial charge in [-0.3, -0.25) is 4.79 Å². The highest BCUT2D eigenvalue weighted by Gasteiger charge is 2.26. The van der Waals surface area contributed by atoms with Crippen LogP contribution in [0.4, 0.5) is 0 Å². The van der Waals surface area contributed by atoms with E-state index in [-0.39, 0.29) is 12.6 Å². The van der Waals surface area contributed by atoms with E-state index in [1.54, 1.807) is 0 Å². The lowest BCUT2D eigenvalue weighted by Crippen LogP contribution is -2.28. The largest absolute Gasteiger partial charge is 0.483 e. The molecule has 0 bridgehead atoms. The lowest BCUT2D eigenvalue weighted by molar-refractivity contribution is -0.122. The minimum absolute atomic E-state index is 0.128. The Bertz CT molecular complexity index is 189. The smallest absolute Gasteiger partial charge is 0.290 e. The zero-order valence-corrected chi connectivity index (χ0v) is 8.94. The Morgan fingerprint density at radius 2 is 2.00 bits per heavy atom. The summed E-state index contributed by atoms with van der Waals surface area (Å²) < 4.78 is 0. The van der Waals surface area contributed by atoms with E-state index in [4.69, 9.17) is 9.90 Å². The normalized spacial score (nSPS) is 31.2. The lowest BCUT2D eigenvalue weighted by atomic mass is 9.78. The minimum atomic E-state index is -0.250.